The number of hydrogen-bond donors (Lipinski definition) is 0. The summed E-state index contributed by atoms with van der Waals surface area (Å²) >= 11 is 0. The van der Waals surface area contributed by atoms with Gasteiger partial charge < -0.3 is 13.9 Å². The molecule has 1 aromatic carbocycles. The maximum absolute atomic E-state index is 11.8. The Labute approximate surface area is 89.4 Å². The molecule has 2 aromatic rings. The minimum absolute atomic E-state index is 0.0219. The molecule has 0 unspecified atom stereocenters. The minimum Gasteiger partial charge on any atom is -0.463 e. The van der Waals surface area contributed by atoms with Crippen LogP contribution in [0.3, 0.4) is 0 Å². The minimum atomic E-state index is -0.359. The zero-order valence-corrected chi connectivity index (χ0v) is 8.02. The molecule has 2 heterocycles. The fourth-order valence-electron chi connectivity index (χ4n) is 1.60. The van der Waals surface area contributed by atoms with Gasteiger partial charge in [0.2, 0.25) is 12.2 Å². The molecule has 78 valence electrons. The number of benzene rings is 1. The predicted octanol–water partition coefficient (Wildman–Crippen LogP) is 1.39. The molecule has 1 aliphatic heterocycles. The summed E-state index contributed by atoms with van der Waals surface area (Å²) in [5.74, 6) is 1.04. The van der Waals surface area contributed by atoms with Gasteiger partial charge in [-0.15, -0.1) is 0 Å². The van der Waals surface area contributed by atoms with Crippen LogP contribution in [-0.2, 0) is 0 Å². The van der Waals surface area contributed by atoms with E-state index < -0.39 is 0 Å². The van der Waals surface area contributed by atoms with Gasteiger partial charge in [-0.1, -0.05) is 0 Å². The lowest BCUT2D eigenvalue weighted by Gasteiger charge is -1.99. The summed E-state index contributed by atoms with van der Waals surface area (Å²) in [5, 5.41) is 9.03. The van der Waals surface area contributed by atoms with Crippen LogP contribution in [0.5, 0.6) is 11.5 Å². The highest BCUT2D eigenvalue weighted by molar-refractivity contribution is 5.81. The normalized spacial score (nSPS) is 12.7. The van der Waals surface area contributed by atoms with Crippen LogP contribution in [0.15, 0.2) is 27.6 Å². The number of rotatable bonds is 0. The fourth-order valence-corrected chi connectivity index (χ4v) is 1.60. The highest BCUT2D eigenvalue weighted by Crippen LogP contribution is 2.34. The maximum atomic E-state index is 11.8. The zero-order chi connectivity index (χ0) is 11.1. The molecule has 5 nitrogen and oxygen atoms in total. The van der Waals surface area contributed by atoms with Crippen molar-refractivity contribution >= 4 is 11.0 Å². The first-order valence-electron chi connectivity index (χ1n) is 4.55. The summed E-state index contributed by atoms with van der Waals surface area (Å²) < 4.78 is 15.5. The van der Waals surface area contributed by atoms with Gasteiger partial charge in [0.15, 0.2) is 11.5 Å². The molecular formula is C11H5NO4. The molecule has 0 saturated carbocycles. The Balaban J connectivity index is 2.42. The maximum Gasteiger partial charge on any atom is 0.231 e. The van der Waals surface area contributed by atoms with Crippen LogP contribution in [0.4, 0.5) is 0 Å². The van der Waals surface area contributed by atoms with E-state index in [2.05, 4.69) is 0 Å². The highest BCUT2D eigenvalue weighted by atomic mass is 16.7. The van der Waals surface area contributed by atoms with E-state index in [9.17, 15) is 4.79 Å². The van der Waals surface area contributed by atoms with Gasteiger partial charge in [0.1, 0.15) is 23.5 Å². The van der Waals surface area contributed by atoms with Crippen LogP contribution in [-0.4, -0.2) is 6.79 Å². The van der Waals surface area contributed by atoms with Gasteiger partial charge in [-0.25, -0.2) is 0 Å². The molecule has 0 radical (unpaired) electrons. The van der Waals surface area contributed by atoms with E-state index in [-0.39, 0.29) is 17.8 Å². The summed E-state index contributed by atoms with van der Waals surface area (Å²) in [6.45, 7) is 0.130. The van der Waals surface area contributed by atoms with Crippen LogP contribution in [0.2, 0.25) is 0 Å². The Morgan fingerprint density at radius 2 is 2.00 bits per heavy atom. The van der Waals surface area contributed by atoms with Gasteiger partial charge in [-0.3, -0.25) is 4.79 Å². The van der Waals surface area contributed by atoms with E-state index in [0.29, 0.717) is 22.5 Å². The van der Waals surface area contributed by atoms with Gasteiger partial charge in [-0.05, 0) is 6.07 Å². The number of nitriles is 1. The third-order valence-electron chi connectivity index (χ3n) is 2.39. The van der Waals surface area contributed by atoms with Crippen LogP contribution in [0.1, 0.15) is 5.56 Å². The third kappa shape index (κ3) is 1.07. The van der Waals surface area contributed by atoms with E-state index in [4.69, 9.17) is 19.2 Å². The summed E-state index contributed by atoms with van der Waals surface area (Å²) in [5.41, 5.74) is 0.00154. The lowest BCUT2D eigenvalue weighted by atomic mass is 10.1. The van der Waals surface area contributed by atoms with Crippen molar-refractivity contribution in [2.24, 2.45) is 0 Å². The monoisotopic (exact) mass is 215 g/mol. The van der Waals surface area contributed by atoms with Gasteiger partial charge in [0.05, 0.1) is 5.39 Å². The molecule has 0 amide bonds. The molecular weight excluding hydrogens is 210 g/mol. The lowest BCUT2D eigenvalue weighted by molar-refractivity contribution is 0.174. The van der Waals surface area contributed by atoms with E-state index in [1.807, 2.05) is 0 Å². The summed E-state index contributed by atoms with van der Waals surface area (Å²) in [6.07, 6.45) is 1.15. The molecule has 0 aliphatic carbocycles. The first-order chi connectivity index (χ1) is 7.79. The summed E-state index contributed by atoms with van der Waals surface area (Å²) in [6, 6.07) is 4.89. The second-order valence-electron chi connectivity index (χ2n) is 3.29. The van der Waals surface area contributed by atoms with E-state index in [1.54, 1.807) is 12.1 Å². The fraction of sp³-hybridized carbons (Fsp3) is 0.0909. The van der Waals surface area contributed by atoms with Gasteiger partial charge >= 0.3 is 0 Å². The predicted molar refractivity (Wildman–Crippen MR) is 53.3 cm³/mol. The largest absolute Gasteiger partial charge is 0.463 e. The van der Waals surface area contributed by atoms with Crippen LogP contribution < -0.4 is 14.9 Å². The first-order valence-corrected chi connectivity index (χ1v) is 4.55. The third-order valence-corrected chi connectivity index (χ3v) is 2.39. The van der Waals surface area contributed by atoms with E-state index in [0.717, 1.165) is 6.26 Å². The SMILES string of the molecule is N#Cc1coc2cc3c(cc2c1=O)OCO3. The molecule has 16 heavy (non-hydrogen) atoms. The van der Waals surface area contributed by atoms with Gasteiger partial charge in [0, 0.05) is 6.07 Å². The van der Waals surface area contributed by atoms with Crippen molar-refractivity contribution in [3.63, 3.8) is 0 Å². The van der Waals surface area contributed by atoms with E-state index in [1.165, 1.54) is 6.07 Å². The number of fused-ring (bicyclic) bond motifs is 2. The zero-order valence-electron chi connectivity index (χ0n) is 8.02. The van der Waals surface area contributed by atoms with Gasteiger partial charge in [0.25, 0.3) is 0 Å². The Bertz CT molecular complexity index is 681. The molecule has 0 atom stereocenters. The quantitative estimate of drug-likeness (QED) is 0.664. The van der Waals surface area contributed by atoms with Crippen LogP contribution in [0, 0.1) is 11.3 Å². The Morgan fingerprint density at radius 1 is 1.25 bits per heavy atom. The molecule has 0 spiro atoms. The molecule has 0 fully saturated rings. The molecule has 5 heteroatoms. The Hall–Kier alpha value is -2.48. The number of hydrogen-bond acceptors (Lipinski definition) is 5. The Morgan fingerprint density at radius 3 is 2.75 bits per heavy atom. The van der Waals surface area contributed by atoms with Crippen molar-refractivity contribution in [2.45, 2.75) is 0 Å². The Kier molecular flexibility index (Phi) is 1.65. The molecule has 0 bridgehead atoms. The molecule has 1 aromatic heterocycles. The molecule has 0 saturated heterocycles. The topological polar surface area (TPSA) is 72.5 Å². The smallest absolute Gasteiger partial charge is 0.231 e. The van der Waals surface area contributed by atoms with Crippen molar-refractivity contribution in [1.82, 2.24) is 0 Å². The van der Waals surface area contributed by atoms with Crippen molar-refractivity contribution in [3.8, 4) is 17.6 Å². The van der Waals surface area contributed by atoms with Crippen molar-refractivity contribution in [1.29, 1.82) is 5.26 Å². The summed E-state index contributed by atoms with van der Waals surface area (Å²) in [4.78, 5) is 11.8. The number of nitrogens with zero attached hydrogens (tertiary/aromatic N) is 1. The average molecular weight is 215 g/mol. The summed E-state index contributed by atoms with van der Waals surface area (Å²) in [7, 11) is 0. The number of ether oxygens (including phenoxy) is 2. The molecule has 0 N–H and O–H groups in total. The van der Waals surface area contributed by atoms with Crippen LogP contribution >= 0.6 is 0 Å². The first kappa shape index (κ1) is 8.80. The second-order valence-corrected chi connectivity index (χ2v) is 3.29. The highest BCUT2D eigenvalue weighted by Gasteiger charge is 2.17. The molecule has 3 rings (SSSR count). The standard InChI is InChI=1S/C11H5NO4/c12-3-6-4-14-8-2-10-9(15-5-16-10)1-7(8)11(6)13/h1-2,4H,5H2. The van der Waals surface area contributed by atoms with Crippen molar-refractivity contribution in [3.05, 3.63) is 34.2 Å². The van der Waals surface area contributed by atoms with Crippen molar-refractivity contribution < 1.29 is 13.9 Å². The van der Waals surface area contributed by atoms with Crippen LogP contribution in [0.25, 0.3) is 11.0 Å². The second kappa shape index (κ2) is 3.00. The van der Waals surface area contributed by atoms with E-state index >= 15 is 0 Å². The lowest BCUT2D eigenvalue weighted by Crippen LogP contribution is -2.05. The molecule has 1 aliphatic rings. The van der Waals surface area contributed by atoms with Crippen molar-refractivity contribution in [2.75, 3.05) is 6.79 Å². The average Bonchev–Trinajstić information content (AvgIpc) is 2.74. The van der Waals surface area contributed by atoms with Gasteiger partial charge in [-0.2, -0.15) is 5.26 Å².